The van der Waals surface area contributed by atoms with Crippen molar-refractivity contribution in [2.75, 3.05) is 0 Å². The van der Waals surface area contributed by atoms with E-state index in [2.05, 4.69) is 33.0 Å². The van der Waals surface area contributed by atoms with Crippen LogP contribution in [0.2, 0.25) is 0 Å². The van der Waals surface area contributed by atoms with Crippen molar-refractivity contribution in [3.05, 3.63) is 0 Å². The lowest BCUT2D eigenvalue weighted by molar-refractivity contribution is -0.142. The lowest BCUT2D eigenvalue weighted by Gasteiger charge is -2.62. The van der Waals surface area contributed by atoms with Gasteiger partial charge in [-0.3, -0.25) is 4.79 Å². The molecule has 1 saturated heterocycles. The van der Waals surface area contributed by atoms with Crippen LogP contribution in [0.1, 0.15) is 79.1 Å². The van der Waals surface area contributed by atoms with Gasteiger partial charge in [-0.25, -0.2) is 0 Å². The predicted molar refractivity (Wildman–Crippen MR) is 93.9 cm³/mol. The Morgan fingerprint density at radius 1 is 1.09 bits per heavy atom. The molecule has 0 unspecified atom stereocenters. The first-order valence-electron chi connectivity index (χ1n) is 10.2. The van der Waals surface area contributed by atoms with Gasteiger partial charge in [0.25, 0.3) is 0 Å². The summed E-state index contributed by atoms with van der Waals surface area (Å²) in [7, 11) is 0. The molecule has 4 aliphatic rings. The zero-order chi connectivity index (χ0) is 16.4. The molecule has 23 heavy (non-hydrogen) atoms. The molecule has 1 aliphatic heterocycles. The average Bonchev–Trinajstić information content (AvgIpc) is 2.86. The van der Waals surface area contributed by atoms with Gasteiger partial charge in [-0.15, -0.1) is 0 Å². The van der Waals surface area contributed by atoms with Gasteiger partial charge in [0, 0.05) is 12.5 Å². The minimum atomic E-state index is 0.297. The first-order chi connectivity index (χ1) is 10.9. The van der Waals surface area contributed by atoms with Gasteiger partial charge in [-0.2, -0.15) is 0 Å². The minimum absolute atomic E-state index is 0.297. The van der Waals surface area contributed by atoms with Gasteiger partial charge in [-0.1, -0.05) is 34.1 Å². The van der Waals surface area contributed by atoms with Crippen LogP contribution in [0, 0.1) is 40.4 Å². The Labute approximate surface area is 142 Å². The topological polar surface area (TPSA) is 29.1 Å². The Balaban J connectivity index is 1.66. The fourth-order valence-corrected chi connectivity index (χ4v) is 7.94. The molecule has 1 amide bonds. The van der Waals surface area contributed by atoms with E-state index in [9.17, 15) is 4.79 Å². The van der Waals surface area contributed by atoms with Crippen molar-refractivity contribution in [2.24, 2.45) is 40.4 Å². The van der Waals surface area contributed by atoms with Gasteiger partial charge in [-0.05, 0) is 78.9 Å². The van der Waals surface area contributed by atoms with Gasteiger partial charge in [0.2, 0.25) is 5.91 Å². The summed E-state index contributed by atoms with van der Waals surface area (Å²) in [4.78, 5) is 12.0. The standard InChI is InChI=1S/C21H35NO/c1-5-14-6-7-16-15-12-13(2)19-21(4,11-9-18(23)22-19)17(15)8-10-20(14,16)3/h13-17,19H,5-12H2,1-4H3,(H,22,23)/t13-,14-,15-,16-,17-,19+,20+,21+/m0/s1. The van der Waals surface area contributed by atoms with Crippen molar-refractivity contribution >= 4 is 5.91 Å². The lowest BCUT2D eigenvalue weighted by Crippen LogP contribution is -2.63. The Hall–Kier alpha value is -0.530. The summed E-state index contributed by atoms with van der Waals surface area (Å²) in [5.41, 5.74) is 0.957. The summed E-state index contributed by atoms with van der Waals surface area (Å²) in [6.45, 7) is 9.95. The first kappa shape index (κ1) is 16.0. The van der Waals surface area contributed by atoms with Crippen molar-refractivity contribution in [1.29, 1.82) is 0 Å². The molecule has 2 nitrogen and oxygen atoms in total. The maximum absolute atomic E-state index is 12.0. The van der Waals surface area contributed by atoms with Crippen LogP contribution in [0.25, 0.3) is 0 Å². The summed E-state index contributed by atoms with van der Waals surface area (Å²) in [5.74, 6) is 4.61. The molecule has 3 saturated carbocycles. The van der Waals surface area contributed by atoms with E-state index in [1.165, 1.54) is 38.5 Å². The highest BCUT2D eigenvalue weighted by atomic mass is 16.1. The molecular formula is C21H35NO. The Bertz CT molecular complexity index is 502. The van der Waals surface area contributed by atoms with E-state index in [1.807, 2.05) is 0 Å². The molecule has 4 fully saturated rings. The monoisotopic (exact) mass is 317 g/mol. The second-order valence-corrected chi connectivity index (χ2v) is 9.87. The Kier molecular flexibility index (Phi) is 3.63. The Morgan fingerprint density at radius 3 is 2.57 bits per heavy atom. The predicted octanol–water partition coefficient (Wildman–Crippen LogP) is 4.78. The maximum atomic E-state index is 12.0. The third-order valence-electron chi connectivity index (χ3n) is 9.10. The highest BCUT2D eigenvalue weighted by Gasteiger charge is 2.61. The summed E-state index contributed by atoms with van der Waals surface area (Å²) < 4.78 is 0. The third-order valence-corrected chi connectivity index (χ3v) is 9.10. The van der Waals surface area contributed by atoms with E-state index in [0.29, 0.717) is 28.7 Å². The number of fused-ring (bicyclic) bond motifs is 5. The molecule has 0 bridgehead atoms. The number of hydrogen-bond donors (Lipinski definition) is 1. The molecule has 0 radical (unpaired) electrons. The zero-order valence-electron chi connectivity index (χ0n) is 15.5. The zero-order valence-corrected chi connectivity index (χ0v) is 15.5. The molecule has 4 rings (SSSR count). The molecular weight excluding hydrogens is 282 g/mol. The lowest BCUT2D eigenvalue weighted by atomic mass is 9.45. The summed E-state index contributed by atoms with van der Waals surface area (Å²) in [6, 6.07) is 0.428. The van der Waals surface area contributed by atoms with E-state index in [-0.39, 0.29) is 0 Å². The van der Waals surface area contributed by atoms with Gasteiger partial charge < -0.3 is 5.32 Å². The molecule has 0 aromatic rings. The van der Waals surface area contributed by atoms with Crippen LogP contribution in [-0.4, -0.2) is 11.9 Å². The normalized spacial score (nSPS) is 55.6. The number of amides is 1. The van der Waals surface area contributed by atoms with Gasteiger partial charge in [0.15, 0.2) is 0 Å². The van der Waals surface area contributed by atoms with Crippen LogP contribution in [0.5, 0.6) is 0 Å². The van der Waals surface area contributed by atoms with Crippen molar-refractivity contribution in [2.45, 2.75) is 85.1 Å². The fourth-order valence-electron chi connectivity index (χ4n) is 7.94. The van der Waals surface area contributed by atoms with Crippen LogP contribution in [0.3, 0.4) is 0 Å². The molecule has 1 N–H and O–H groups in total. The van der Waals surface area contributed by atoms with Crippen molar-refractivity contribution < 1.29 is 4.79 Å². The largest absolute Gasteiger partial charge is 0.353 e. The van der Waals surface area contributed by atoms with E-state index < -0.39 is 0 Å². The Morgan fingerprint density at radius 2 is 1.83 bits per heavy atom. The molecule has 0 spiro atoms. The molecule has 130 valence electrons. The smallest absolute Gasteiger partial charge is 0.220 e. The van der Waals surface area contributed by atoms with Crippen molar-refractivity contribution in [3.8, 4) is 0 Å². The van der Waals surface area contributed by atoms with Crippen molar-refractivity contribution in [1.82, 2.24) is 5.32 Å². The van der Waals surface area contributed by atoms with Gasteiger partial charge in [0.05, 0.1) is 0 Å². The minimum Gasteiger partial charge on any atom is -0.353 e. The highest BCUT2D eigenvalue weighted by molar-refractivity contribution is 5.77. The number of hydrogen-bond acceptors (Lipinski definition) is 1. The molecule has 2 heteroatoms. The average molecular weight is 318 g/mol. The van der Waals surface area contributed by atoms with Crippen LogP contribution in [0.15, 0.2) is 0 Å². The summed E-state index contributed by atoms with van der Waals surface area (Å²) >= 11 is 0. The highest BCUT2D eigenvalue weighted by Crippen LogP contribution is 2.66. The quantitative estimate of drug-likeness (QED) is 0.741. The molecule has 8 atom stereocenters. The van der Waals surface area contributed by atoms with E-state index in [4.69, 9.17) is 0 Å². The number of carbonyl (C=O) groups is 1. The molecule has 0 aromatic carbocycles. The van der Waals surface area contributed by atoms with Crippen LogP contribution < -0.4 is 5.32 Å². The molecule has 0 aromatic heterocycles. The van der Waals surface area contributed by atoms with Crippen LogP contribution in [-0.2, 0) is 4.79 Å². The maximum Gasteiger partial charge on any atom is 0.220 e. The van der Waals surface area contributed by atoms with Gasteiger partial charge in [0.1, 0.15) is 0 Å². The van der Waals surface area contributed by atoms with Crippen molar-refractivity contribution in [3.63, 3.8) is 0 Å². The van der Waals surface area contributed by atoms with Gasteiger partial charge >= 0.3 is 0 Å². The third kappa shape index (κ3) is 2.09. The van der Waals surface area contributed by atoms with E-state index in [1.54, 1.807) is 0 Å². The number of rotatable bonds is 1. The van der Waals surface area contributed by atoms with E-state index in [0.717, 1.165) is 36.5 Å². The number of carbonyl (C=O) groups excluding carboxylic acids is 1. The van der Waals surface area contributed by atoms with E-state index >= 15 is 0 Å². The second kappa shape index (κ2) is 5.23. The molecule has 3 aliphatic carbocycles. The number of piperidine rings is 1. The molecule has 1 heterocycles. The first-order valence-corrected chi connectivity index (χ1v) is 10.2. The summed E-state index contributed by atoms with van der Waals surface area (Å²) in [6.07, 6.45) is 10.4. The fraction of sp³-hybridized carbons (Fsp3) is 0.952. The van der Waals surface area contributed by atoms with Crippen LogP contribution in [0.4, 0.5) is 0 Å². The summed E-state index contributed by atoms with van der Waals surface area (Å²) in [5, 5.41) is 3.39. The second-order valence-electron chi connectivity index (χ2n) is 9.87. The van der Waals surface area contributed by atoms with Crippen LogP contribution >= 0.6 is 0 Å². The number of nitrogens with one attached hydrogen (secondary N) is 1. The SMILES string of the molecule is CC[C@H]1CC[C@H]2[C@@H]3C[C@H](C)[C@H]4NC(=O)CC[C@]4(C)[C@H]3CC[C@]12C.